The molecule has 2 aliphatic rings. The molecule has 0 spiro atoms. The third-order valence-electron chi connectivity index (χ3n) is 5.56. The van der Waals surface area contributed by atoms with Crippen molar-refractivity contribution in [1.29, 1.82) is 0 Å². The van der Waals surface area contributed by atoms with E-state index in [1.165, 1.54) is 22.5 Å². The predicted octanol–water partition coefficient (Wildman–Crippen LogP) is 2.04. The summed E-state index contributed by atoms with van der Waals surface area (Å²) in [6, 6.07) is 12.3. The van der Waals surface area contributed by atoms with Crippen LogP contribution >= 0.6 is 0 Å². The van der Waals surface area contributed by atoms with Crippen molar-refractivity contribution in [2.45, 2.75) is 31.2 Å². The highest BCUT2D eigenvalue weighted by Crippen LogP contribution is 2.32. The summed E-state index contributed by atoms with van der Waals surface area (Å²) in [6.45, 7) is 2.80. The molecule has 2 heterocycles. The number of benzene rings is 2. The van der Waals surface area contributed by atoms with Gasteiger partial charge in [0.2, 0.25) is 15.9 Å². The average Bonchev–Trinajstić information content (AvgIpc) is 2.78. The molecule has 8 nitrogen and oxygen atoms in total. The molecule has 0 aliphatic carbocycles. The molecule has 1 saturated heterocycles. The third kappa shape index (κ3) is 4.72. The second kappa shape index (κ2) is 8.68. The number of nitrogens with one attached hydrogen (secondary N) is 2. The monoisotopic (exact) mass is 443 g/mol. The predicted molar refractivity (Wildman–Crippen MR) is 115 cm³/mol. The Hall–Kier alpha value is -2.91. The summed E-state index contributed by atoms with van der Waals surface area (Å²) >= 11 is 0. The average molecular weight is 444 g/mol. The number of carbonyl (C=O) groups is 2. The van der Waals surface area contributed by atoms with E-state index in [1.807, 2.05) is 31.2 Å². The number of ether oxygens (including phenoxy) is 1. The summed E-state index contributed by atoms with van der Waals surface area (Å²) < 4.78 is 33.0. The summed E-state index contributed by atoms with van der Waals surface area (Å²) in [5, 5.41) is 5.55. The van der Waals surface area contributed by atoms with Gasteiger partial charge in [0.15, 0.2) is 6.61 Å². The van der Waals surface area contributed by atoms with Gasteiger partial charge in [0.1, 0.15) is 5.75 Å². The lowest BCUT2D eigenvalue weighted by Crippen LogP contribution is -2.45. The molecule has 1 fully saturated rings. The molecule has 0 saturated carbocycles. The number of rotatable bonds is 5. The molecule has 31 heavy (non-hydrogen) atoms. The lowest BCUT2D eigenvalue weighted by Gasteiger charge is -2.31. The number of sulfonamides is 1. The molecular weight excluding hydrogens is 418 g/mol. The van der Waals surface area contributed by atoms with Crippen molar-refractivity contribution in [3.8, 4) is 5.75 Å². The van der Waals surface area contributed by atoms with E-state index in [2.05, 4.69) is 10.6 Å². The maximum absolute atomic E-state index is 13.2. The lowest BCUT2D eigenvalue weighted by molar-refractivity contribution is -0.126. The second-order valence-corrected chi connectivity index (χ2v) is 9.84. The molecule has 2 aromatic carbocycles. The van der Waals surface area contributed by atoms with E-state index < -0.39 is 15.9 Å². The van der Waals surface area contributed by atoms with Crippen LogP contribution < -0.4 is 15.4 Å². The van der Waals surface area contributed by atoms with Crippen molar-refractivity contribution in [3.05, 3.63) is 53.6 Å². The van der Waals surface area contributed by atoms with Crippen LogP contribution in [-0.4, -0.2) is 44.2 Å². The Morgan fingerprint density at radius 1 is 1.23 bits per heavy atom. The fraction of sp³-hybridized carbons (Fsp3) is 0.364. The number of hydrogen-bond acceptors (Lipinski definition) is 5. The molecule has 2 aliphatic heterocycles. The van der Waals surface area contributed by atoms with Gasteiger partial charge in [0.05, 0.1) is 16.5 Å². The van der Waals surface area contributed by atoms with Crippen LogP contribution in [0.2, 0.25) is 0 Å². The van der Waals surface area contributed by atoms with Crippen molar-refractivity contribution in [3.63, 3.8) is 0 Å². The largest absolute Gasteiger partial charge is 0.482 e. The Bertz CT molecular complexity index is 1100. The molecule has 0 bridgehead atoms. The molecule has 9 heteroatoms. The van der Waals surface area contributed by atoms with Crippen LogP contribution in [0.3, 0.4) is 0 Å². The van der Waals surface area contributed by atoms with E-state index in [-0.39, 0.29) is 29.9 Å². The standard InChI is InChI=1S/C22H25N3O5S/c1-15-4-6-16(7-5-15)12-23-22(27)17-3-2-10-25(13-17)31(28,29)18-8-9-20-19(11-18)24-21(26)14-30-20/h4-9,11,17H,2-3,10,12-14H2,1H3,(H,23,27)(H,24,26)/t17-/m0/s1. The molecule has 1 atom stereocenters. The van der Waals surface area contributed by atoms with Gasteiger partial charge in [-0.1, -0.05) is 29.8 Å². The van der Waals surface area contributed by atoms with Crippen LogP contribution in [0, 0.1) is 12.8 Å². The Labute approximate surface area is 181 Å². The topological polar surface area (TPSA) is 105 Å². The molecule has 164 valence electrons. The zero-order chi connectivity index (χ0) is 22.0. The van der Waals surface area contributed by atoms with Gasteiger partial charge in [-0.05, 0) is 43.5 Å². The fourth-order valence-corrected chi connectivity index (χ4v) is 5.34. The van der Waals surface area contributed by atoms with Gasteiger partial charge in [-0.2, -0.15) is 4.31 Å². The summed E-state index contributed by atoms with van der Waals surface area (Å²) in [7, 11) is -3.80. The summed E-state index contributed by atoms with van der Waals surface area (Å²) in [6.07, 6.45) is 1.24. The van der Waals surface area contributed by atoms with Crippen molar-refractivity contribution in [1.82, 2.24) is 9.62 Å². The number of amides is 2. The van der Waals surface area contributed by atoms with Gasteiger partial charge in [-0.3, -0.25) is 9.59 Å². The van der Waals surface area contributed by atoms with Crippen LogP contribution in [0.5, 0.6) is 5.75 Å². The first kappa shape index (κ1) is 21.3. The molecule has 2 N–H and O–H groups in total. The maximum atomic E-state index is 13.2. The summed E-state index contributed by atoms with van der Waals surface area (Å²) in [5.41, 5.74) is 2.48. The van der Waals surface area contributed by atoms with E-state index in [9.17, 15) is 18.0 Å². The molecular formula is C22H25N3O5S. The zero-order valence-electron chi connectivity index (χ0n) is 17.3. The number of fused-ring (bicyclic) bond motifs is 1. The lowest BCUT2D eigenvalue weighted by atomic mass is 9.98. The number of nitrogens with zero attached hydrogens (tertiary/aromatic N) is 1. The minimum absolute atomic E-state index is 0.0674. The molecule has 4 rings (SSSR count). The Morgan fingerprint density at radius 2 is 2.00 bits per heavy atom. The Balaban J connectivity index is 1.43. The first-order chi connectivity index (χ1) is 14.8. The van der Waals surface area contributed by atoms with E-state index >= 15 is 0 Å². The van der Waals surface area contributed by atoms with Crippen LogP contribution in [-0.2, 0) is 26.2 Å². The Kier molecular flexibility index (Phi) is 5.97. The van der Waals surface area contributed by atoms with Gasteiger partial charge in [0, 0.05) is 19.6 Å². The minimum Gasteiger partial charge on any atom is -0.482 e. The van der Waals surface area contributed by atoms with Crippen LogP contribution in [0.4, 0.5) is 5.69 Å². The minimum atomic E-state index is -3.80. The maximum Gasteiger partial charge on any atom is 0.262 e. The van der Waals surface area contributed by atoms with Crippen molar-refractivity contribution in [2.75, 3.05) is 25.0 Å². The van der Waals surface area contributed by atoms with Gasteiger partial charge < -0.3 is 15.4 Å². The van der Waals surface area contributed by atoms with Crippen molar-refractivity contribution < 1.29 is 22.7 Å². The summed E-state index contributed by atoms with van der Waals surface area (Å²) in [5.74, 6) is -0.447. The quantitative estimate of drug-likeness (QED) is 0.736. The first-order valence-corrected chi connectivity index (χ1v) is 11.7. The normalized spacial score (nSPS) is 19.1. The van der Waals surface area contributed by atoms with Crippen molar-refractivity contribution >= 4 is 27.5 Å². The molecule has 0 aromatic heterocycles. The molecule has 2 amide bonds. The molecule has 2 aromatic rings. The van der Waals surface area contributed by atoms with Gasteiger partial charge in [0.25, 0.3) is 5.91 Å². The van der Waals surface area contributed by atoms with E-state index in [4.69, 9.17) is 4.74 Å². The van der Waals surface area contributed by atoms with Gasteiger partial charge in [-0.25, -0.2) is 8.42 Å². The van der Waals surface area contributed by atoms with Crippen LogP contribution in [0.25, 0.3) is 0 Å². The zero-order valence-corrected chi connectivity index (χ0v) is 18.1. The Morgan fingerprint density at radius 3 is 2.77 bits per heavy atom. The van der Waals surface area contributed by atoms with Crippen LogP contribution in [0.15, 0.2) is 47.4 Å². The number of piperidine rings is 1. The molecule has 0 unspecified atom stereocenters. The van der Waals surface area contributed by atoms with Crippen LogP contribution in [0.1, 0.15) is 24.0 Å². The van der Waals surface area contributed by atoms with Gasteiger partial charge in [-0.15, -0.1) is 0 Å². The van der Waals surface area contributed by atoms with Gasteiger partial charge >= 0.3 is 0 Å². The van der Waals surface area contributed by atoms with E-state index in [0.29, 0.717) is 37.4 Å². The highest BCUT2D eigenvalue weighted by Gasteiger charge is 2.34. The highest BCUT2D eigenvalue weighted by molar-refractivity contribution is 7.89. The molecule has 0 radical (unpaired) electrons. The fourth-order valence-electron chi connectivity index (χ4n) is 3.79. The van der Waals surface area contributed by atoms with Crippen molar-refractivity contribution in [2.24, 2.45) is 5.92 Å². The highest BCUT2D eigenvalue weighted by atomic mass is 32.2. The number of anilines is 1. The smallest absolute Gasteiger partial charge is 0.262 e. The summed E-state index contributed by atoms with van der Waals surface area (Å²) in [4.78, 5) is 24.3. The number of hydrogen-bond donors (Lipinski definition) is 2. The SMILES string of the molecule is Cc1ccc(CNC(=O)[C@H]2CCCN(S(=O)(=O)c3ccc4c(c3)NC(=O)CO4)C2)cc1. The van der Waals surface area contributed by atoms with E-state index in [1.54, 1.807) is 0 Å². The second-order valence-electron chi connectivity index (χ2n) is 7.90. The third-order valence-corrected chi connectivity index (χ3v) is 7.43. The van der Waals surface area contributed by atoms with E-state index in [0.717, 1.165) is 11.1 Å². The number of aryl methyl sites for hydroxylation is 1. The first-order valence-electron chi connectivity index (χ1n) is 10.2. The number of carbonyl (C=O) groups excluding carboxylic acids is 2.